The molecule has 116 valence electrons. The summed E-state index contributed by atoms with van der Waals surface area (Å²) in [5, 5.41) is 0. The molecular formula is C19H17IN2O. The fourth-order valence-electron chi connectivity index (χ4n) is 2.41. The molecule has 3 aromatic rings. The minimum Gasteiger partial charge on any atom is -0.497 e. The Morgan fingerprint density at radius 2 is 1.65 bits per heavy atom. The maximum Gasteiger partial charge on any atom is 0.119 e. The zero-order chi connectivity index (χ0) is 16.2. The first kappa shape index (κ1) is 15.8. The number of hydrogen-bond acceptors (Lipinski definition) is 2. The molecule has 0 aliphatic rings. The fraction of sp³-hybridized carbons (Fsp3) is 0.105. The predicted octanol–water partition coefficient (Wildman–Crippen LogP) is 5.15. The third-order valence-corrected chi connectivity index (χ3v) is 4.33. The van der Waals surface area contributed by atoms with Crippen molar-refractivity contribution in [3.8, 4) is 11.4 Å². The average molecular weight is 416 g/mol. The molecule has 4 heteroatoms. The predicted molar refractivity (Wildman–Crippen MR) is 103 cm³/mol. The minimum atomic E-state index is 0.854. The van der Waals surface area contributed by atoms with Gasteiger partial charge in [-0.2, -0.15) is 0 Å². The zero-order valence-electron chi connectivity index (χ0n) is 13.0. The van der Waals surface area contributed by atoms with E-state index in [1.165, 1.54) is 9.26 Å². The summed E-state index contributed by atoms with van der Waals surface area (Å²) in [6.45, 7) is 2.09. The normalized spacial score (nSPS) is 11.1. The summed E-state index contributed by atoms with van der Waals surface area (Å²) in [6, 6.07) is 20.4. The van der Waals surface area contributed by atoms with Crippen molar-refractivity contribution >= 4 is 34.5 Å². The Kier molecular flexibility index (Phi) is 4.81. The van der Waals surface area contributed by atoms with E-state index in [0.717, 1.165) is 22.8 Å². The van der Waals surface area contributed by atoms with Gasteiger partial charge in [-0.25, -0.2) is 0 Å². The standard InChI is InChI=1S/C19H17IN2O/c1-14-3-8-18(13-21-16-6-4-15(20)5-7-16)22(14)17-9-11-19(23-2)12-10-17/h3-13H,1-2H3. The summed E-state index contributed by atoms with van der Waals surface area (Å²) in [4.78, 5) is 4.58. The minimum absolute atomic E-state index is 0.854. The molecule has 0 saturated carbocycles. The molecule has 0 amide bonds. The van der Waals surface area contributed by atoms with Gasteiger partial charge in [-0.05, 0) is 90.2 Å². The number of hydrogen-bond donors (Lipinski definition) is 0. The highest BCUT2D eigenvalue weighted by molar-refractivity contribution is 14.1. The van der Waals surface area contributed by atoms with Gasteiger partial charge < -0.3 is 9.30 Å². The fourth-order valence-corrected chi connectivity index (χ4v) is 2.77. The molecule has 0 fully saturated rings. The molecule has 3 rings (SSSR count). The third kappa shape index (κ3) is 3.64. The molecule has 0 radical (unpaired) electrons. The van der Waals surface area contributed by atoms with Gasteiger partial charge in [0.2, 0.25) is 0 Å². The lowest BCUT2D eigenvalue weighted by atomic mass is 10.3. The topological polar surface area (TPSA) is 26.5 Å². The Bertz CT molecular complexity index is 818. The van der Waals surface area contributed by atoms with E-state index < -0.39 is 0 Å². The number of methoxy groups -OCH3 is 1. The van der Waals surface area contributed by atoms with Gasteiger partial charge in [0.25, 0.3) is 0 Å². The number of nitrogens with zero attached hydrogens (tertiary/aromatic N) is 2. The highest BCUT2D eigenvalue weighted by atomic mass is 127. The summed E-state index contributed by atoms with van der Waals surface area (Å²) >= 11 is 2.29. The molecule has 0 aliphatic carbocycles. The van der Waals surface area contributed by atoms with Crippen molar-refractivity contribution in [3.05, 3.63) is 75.6 Å². The van der Waals surface area contributed by atoms with Crippen molar-refractivity contribution in [2.75, 3.05) is 7.11 Å². The van der Waals surface area contributed by atoms with Crippen LogP contribution in [0.1, 0.15) is 11.4 Å². The van der Waals surface area contributed by atoms with Crippen LogP contribution < -0.4 is 4.74 Å². The summed E-state index contributed by atoms with van der Waals surface area (Å²) < 4.78 is 8.61. The molecule has 23 heavy (non-hydrogen) atoms. The first-order chi connectivity index (χ1) is 11.2. The van der Waals surface area contributed by atoms with Crippen LogP contribution in [0.5, 0.6) is 5.75 Å². The van der Waals surface area contributed by atoms with E-state index in [0.29, 0.717) is 0 Å². The molecule has 0 atom stereocenters. The summed E-state index contributed by atoms with van der Waals surface area (Å²) in [7, 11) is 1.68. The van der Waals surface area contributed by atoms with Crippen molar-refractivity contribution < 1.29 is 4.74 Å². The molecule has 3 nitrogen and oxygen atoms in total. The largest absolute Gasteiger partial charge is 0.497 e. The number of ether oxygens (including phenoxy) is 1. The van der Waals surface area contributed by atoms with Crippen LogP contribution in [0.3, 0.4) is 0 Å². The van der Waals surface area contributed by atoms with Crippen LogP contribution >= 0.6 is 22.6 Å². The number of rotatable bonds is 4. The van der Waals surface area contributed by atoms with Gasteiger partial charge in [0.15, 0.2) is 0 Å². The Labute approximate surface area is 149 Å². The molecule has 0 N–H and O–H groups in total. The number of aryl methyl sites for hydroxylation is 1. The van der Waals surface area contributed by atoms with E-state index in [9.17, 15) is 0 Å². The van der Waals surface area contributed by atoms with Crippen molar-refractivity contribution in [1.29, 1.82) is 0 Å². The lowest BCUT2D eigenvalue weighted by molar-refractivity contribution is 0.414. The van der Waals surface area contributed by atoms with Gasteiger partial charge in [0, 0.05) is 15.0 Å². The number of aliphatic imine (C=N–C) groups is 1. The Morgan fingerprint density at radius 3 is 2.30 bits per heavy atom. The highest BCUT2D eigenvalue weighted by Gasteiger charge is 2.06. The highest BCUT2D eigenvalue weighted by Crippen LogP contribution is 2.20. The first-order valence-electron chi connectivity index (χ1n) is 7.30. The summed E-state index contributed by atoms with van der Waals surface area (Å²) in [5.74, 6) is 0.854. The molecular weight excluding hydrogens is 399 g/mol. The summed E-state index contributed by atoms with van der Waals surface area (Å²) in [6.07, 6.45) is 1.90. The van der Waals surface area contributed by atoms with Gasteiger partial charge >= 0.3 is 0 Å². The van der Waals surface area contributed by atoms with Crippen molar-refractivity contribution in [2.24, 2.45) is 4.99 Å². The van der Waals surface area contributed by atoms with Crippen LogP contribution in [0.2, 0.25) is 0 Å². The van der Waals surface area contributed by atoms with Gasteiger partial charge in [-0.15, -0.1) is 0 Å². The van der Waals surface area contributed by atoms with Crippen molar-refractivity contribution in [3.63, 3.8) is 0 Å². The SMILES string of the molecule is COc1ccc(-n2c(C)ccc2C=Nc2ccc(I)cc2)cc1. The maximum atomic E-state index is 5.23. The maximum absolute atomic E-state index is 5.23. The van der Waals surface area contributed by atoms with Gasteiger partial charge in [0.1, 0.15) is 5.75 Å². The Morgan fingerprint density at radius 1 is 0.957 bits per heavy atom. The van der Waals surface area contributed by atoms with Gasteiger partial charge in [-0.3, -0.25) is 4.99 Å². The Hall–Kier alpha value is -2.08. The van der Waals surface area contributed by atoms with Gasteiger partial charge in [-0.1, -0.05) is 0 Å². The van der Waals surface area contributed by atoms with Crippen LogP contribution in [0.15, 0.2) is 65.7 Å². The second kappa shape index (κ2) is 7.00. The van der Waals surface area contributed by atoms with Crippen molar-refractivity contribution in [1.82, 2.24) is 4.57 Å². The molecule has 0 aliphatic heterocycles. The van der Waals surface area contributed by atoms with Crippen LogP contribution in [-0.2, 0) is 0 Å². The average Bonchev–Trinajstić information content (AvgIpc) is 2.95. The molecule has 0 saturated heterocycles. The smallest absolute Gasteiger partial charge is 0.119 e. The van der Waals surface area contributed by atoms with Crippen LogP contribution in [-0.4, -0.2) is 17.9 Å². The van der Waals surface area contributed by atoms with Crippen molar-refractivity contribution in [2.45, 2.75) is 6.92 Å². The lowest BCUT2D eigenvalue weighted by Gasteiger charge is -2.10. The second-order valence-corrected chi connectivity index (χ2v) is 6.41. The van der Waals surface area contributed by atoms with E-state index >= 15 is 0 Å². The van der Waals surface area contributed by atoms with E-state index in [4.69, 9.17) is 4.74 Å². The van der Waals surface area contributed by atoms with Gasteiger partial charge in [0.05, 0.1) is 24.7 Å². The summed E-state index contributed by atoms with van der Waals surface area (Å²) in [5.41, 5.74) is 4.26. The van der Waals surface area contributed by atoms with E-state index in [1.807, 2.05) is 42.6 Å². The Balaban J connectivity index is 1.93. The molecule has 1 heterocycles. The molecule has 2 aromatic carbocycles. The third-order valence-electron chi connectivity index (χ3n) is 3.61. The van der Waals surface area contributed by atoms with E-state index in [-0.39, 0.29) is 0 Å². The van der Waals surface area contributed by atoms with Crippen LogP contribution in [0.25, 0.3) is 5.69 Å². The number of aromatic nitrogens is 1. The lowest BCUT2D eigenvalue weighted by Crippen LogP contribution is -2.01. The molecule has 0 unspecified atom stereocenters. The molecule has 0 bridgehead atoms. The molecule has 0 spiro atoms. The quantitative estimate of drug-likeness (QED) is 0.427. The monoisotopic (exact) mass is 416 g/mol. The second-order valence-electron chi connectivity index (χ2n) is 5.17. The van der Waals surface area contributed by atoms with E-state index in [1.54, 1.807) is 7.11 Å². The number of halogens is 1. The zero-order valence-corrected chi connectivity index (χ0v) is 15.2. The van der Waals surface area contributed by atoms with E-state index in [2.05, 4.69) is 63.3 Å². The number of benzene rings is 2. The molecule has 1 aromatic heterocycles. The first-order valence-corrected chi connectivity index (χ1v) is 8.37. The van der Waals surface area contributed by atoms with Crippen LogP contribution in [0, 0.1) is 10.5 Å². The van der Waals surface area contributed by atoms with Crippen LogP contribution in [0.4, 0.5) is 5.69 Å².